The molecule has 0 saturated carbocycles. The number of carbonyl (C=O) groups is 3. The van der Waals surface area contributed by atoms with E-state index < -0.39 is 0 Å². The Bertz CT molecular complexity index is 1090. The Kier molecular flexibility index (Phi) is 8.56. The Labute approximate surface area is 211 Å². The zero-order valence-corrected chi connectivity index (χ0v) is 20.9. The lowest BCUT2D eigenvalue weighted by Gasteiger charge is -2.39. The summed E-state index contributed by atoms with van der Waals surface area (Å²) in [6.45, 7) is 3.69. The number of carbonyl (C=O) groups excluding carboxylic acids is 3. The zero-order valence-electron chi connectivity index (χ0n) is 20.9. The second-order valence-electron chi connectivity index (χ2n) is 9.16. The van der Waals surface area contributed by atoms with Gasteiger partial charge in [-0.1, -0.05) is 24.3 Å². The number of hydrogen-bond donors (Lipinski definition) is 2. The first kappa shape index (κ1) is 25.7. The molecule has 36 heavy (non-hydrogen) atoms. The van der Waals surface area contributed by atoms with Gasteiger partial charge in [0, 0.05) is 19.6 Å². The lowest BCUT2D eigenvalue weighted by atomic mass is 10.0. The number of amides is 3. The number of fused-ring (bicyclic) bond motifs is 5. The highest BCUT2D eigenvalue weighted by atomic mass is 16.5. The molecule has 1 fully saturated rings. The van der Waals surface area contributed by atoms with E-state index in [1.54, 1.807) is 11.9 Å². The Morgan fingerprint density at radius 3 is 2.56 bits per heavy atom. The highest BCUT2D eigenvalue weighted by Gasteiger charge is 2.33. The molecule has 0 aliphatic carbocycles. The van der Waals surface area contributed by atoms with Crippen molar-refractivity contribution < 1.29 is 23.9 Å². The normalized spacial score (nSPS) is 21.2. The fourth-order valence-electron chi connectivity index (χ4n) is 4.60. The number of benzene rings is 2. The summed E-state index contributed by atoms with van der Waals surface area (Å²) in [7, 11) is 1.73. The monoisotopic (exact) mass is 494 g/mol. The fraction of sp³-hybridized carbons (Fsp3) is 0.444. The van der Waals surface area contributed by atoms with E-state index in [1.165, 1.54) is 4.90 Å². The molecule has 0 radical (unpaired) electrons. The first-order valence-electron chi connectivity index (χ1n) is 12.4. The summed E-state index contributed by atoms with van der Waals surface area (Å²) in [5.74, 6) is 0.887. The maximum absolute atomic E-state index is 13.0. The van der Waals surface area contributed by atoms with Gasteiger partial charge in [0.1, 0.15) is 11.5 Å². The van der Waals surface area contributed by atoms with E-state index in [9.17, 15) is 14.4 Å². The number of piperidine rings is 1. The summed E-state index contributed by atoms with van der Waals surface area (Å²) >= 11 is 0. The molecule has 2 heterocycles. The molecule has 2 atom stereocenters. The van der Waals surface area contributed by atoms with Crippen LogP contribution in [0.3, 0.4) is 0 Å². The molecular weight excluding hydrogens is 460 g/mol. The van der Waals surface area contributed by atoms with Gasteiger partial charge in [-0.25, -0.2) is 0 Å². The van der Waals surface area contributed by atoms with Crippen LogP contribution in [-0.2, 0) is 32.1 Å². The van der Waals surface area contributed by atoms with E-state index >= 15 is 0 Å². The molecule has 9 nitrogen and oxygen atoms in total. The van der Waals surface area contributed by atoms with Gasteiger partial charge in [0.2, 0.25) is 17.7 Å². The smallest absolute Gasteiger partial charge is 0.239 e. The van der Waals surface area contributed by atoms with Crippen LogP contribution in [0.4, 0.5) is 0 Å². The van der Waals surface area contributed by atoms with Gasteiger partial charge in [-0.2, -0.15) is 0 Å². The van der Waals surface area contributed by atoms with Crippen LogP contribution in [0.2, 0.25) is 0 Å². The average Bonchev–Trinajstić information content (AvgIpc) is 2.86. The first-order chi connectivity index (χ1) is 17.4. The first-order valence-corrected chi connectivity index (χ1v) is 12.4. The second-order valence-corrected chi connectivity index (χ2v) is 9.16. The molecule has 192 valence electrons. The average molecular weight is 495 g/mol. The molecule has 3 amide bonds. The molecule has 4 bridgehead atoms. The third-order valence-corrected chi connectivity index (χ3v) is 6.50. The quantitative estimate of drug-likeness (QED) is 0.674. The van der Waals surface area contributed by atoms with Crippen LogP contribution in [0.1, 0.15) is 24.5 Å². The van der Waals surface area contributed by atoms with Crippen molar-refractivity contribution in [3.63, 3.8) is 0 Å². The lowest BCUT2D eigenvalue weighted by Crippen LogP contribution is -2.59. The van der Waals surface area contributed by atoms with Gasteiger partial charge < -0.3 is 29.9 Å². The minimum Gasteiger partial charge on any atom is -0.457 e. The minimum absolute atomic E-state index is 0.0226. The topological polar surface area (TPSA) is 100 Å². The second kappa shape index (κ2) is 12.0. The van der Waals surface area contributed by atoms with Crippen molar-refractivity contribution in [1.29, 1.82) is 0 Å². The molecule has 9 heteroatoms. The largest absolute Gasteiger partial charge is 0.457 e. The van der Waals surface area contributed by atoms with Gasteiger partial charge in [-0.05, 0) is 55.8 Å². The molecule has 0 aromatic heterocycles. The SMILES string of the molecule is CCN1CC(=O)N[C@H]2CN(C(=O)CNC)CC[C@@H]2OCc2cccc(c2)Oc2cccc(c2)CC1=O. The number of likely N-dealkylation sites (N-methyl/N-ethyl adjacent to an activating group) is 2. The van der Waals surface area contributed by atoms with Crippen molar-refractivity contribution in [1.82, 2.24) is 20.4 Å². The van der Waals surface area contributed by atoms with Gasteiger partial charge in [0.15, 0.2) is 0 Å². The molecule has 2 aliphatic rings. The predicted octanol–water partition coefficient (Wildman–Crippen LogP) is 1.71. The molecular formula is C27H34N4O5. The summed E-state index contributed by atoms with van der Waals surface area (Å²) in [6, 6.07) is 14.7. The van der Waals surface area contributed by atoms with Crippen LogP contribution < -0.4 is 15.4 Å². The number of likely N-dealkylation sites (tertiary alicyclic amines) is 1. The molecule has 2 aliphatic heterocycles. The molecule has 0 spiro atoms. The van der Waals surface area contributed by atoms with E-state index in [-0.39, 0.29) is 49.4 Å². The van der Waals surface area contributed by atoms with Crippen LogP contribution in [0, 0.1) is 0 Å². The molecule has 2 aromatic carbocycles. The highest BCUT2D eigenvalue weighted by molar-refractivity contribution is 5.86. The third kappa shape index (κ3) is 6.61. The van der Waals surface area contributed by atoms with Gasteiger partial charge in [0.25, 0.3) is 0 Å². The van der Waals surface area contributed by atoms with E-state index in [1.807, 2.05) is 55.5 Å². The van der Waals surface area contributed by atoms with E-state index in [0.29, 0.717) is 44.2 Å². The van der Waals surface area contributed by atoms with Crippen LogP contribution in [0.5, 0.6) is 11.5 Å². The Balaban J connectivity index is 1.60. The summed E-state index contributed by atoms with van der Waals surface area (Å²) in [6.07, 6.45) is 0.493. The Hall–Kier alpha value is -3.43. The van der Waals surface area contributed by atoms with Crippen LogP contribution >= 0.6 is 0 Å². The summed E-state index contributed by atoms with van der Waals surface area (Å²) in [5, 5.41) is 5.93. The number of hydrogen-bond acceptors (Lipinski definition) is 6. The minimum atomic E-state index is -0.383. The molecule has 4 rings (SSSR count). The van der Waals surface area contributed by atoms with Crippen molar-refractivity contribution in [3.8, 4) is 11.5 Å². The van der Waals surface area contributed by atoms with Gasteiger partial charge >= 0.3 is 0 Å². The van der Waals surface area contributed by atoms with Crippen molar-refractivity contribution in [2.24, 2.45) is 0 Å². The molecule has 0 unspecified atom stereocenters. The van der Waals surface area contributed by atoms with Crippen molar-refractivity contribution in [3.05, 3.63) is 59.7 Å². The summed E-state index contributed by atoms with van der Waals surface area (Å²) in [4.78, 5) is 41.8. The van der Waals surface area contributed by atoms with E-state index in [2.05, 4.69) is 10.6 Å². The number of ether oxygens (including phenoxy) is 2. The summed E-state index contributed by atoms with van der Waals surface area (Å²) in [5.41, 5.74) is 1.75. The predicted molar refractivity (Wildman–Crippen MR) is 135 cm³/mol. The highest BCUT2D eigenvalue weighted by Crippen LogP contribution is 2.25. The fourth-order valence-corrected chi connectivity index (χ4v) is 4.60. The van der Waals surface area contributed by atoms with Crippen molar-refractivity contribution >= 4 is 17.7 Å². The standard InChI is InChI=1S/C27H34N4O5/c1-3-30-17-25(32)29-23-16-31(27(34)15-28-2)11-10-24(23)35-18-20-7-5-9-22(13-20)36-21-8-4-6-19(12-21)14-26(30)33/h4-9,12-13,23-24,28H,3,10-11,14-18H2,1-2H3,(H,29,32)/t23-,24-/m0/s1. The molecule has 2 N–H and O–H groups in total. The van der Waals surface area contributed by atoms with Crippen LogP contribution in [0.25, 0.3) is 0 Å². The Morgan fingerprint density at radius 1 is 1.11 bits per heavy atom. The zero-order chi connectivity index (χ0) is 25.5. The van der Waals surface area contributed by atoms with E-state index in [4.69, 9.17) is 9.47 Å². The van der Waals surface area contributed by atoms with Crippen LogP contribution in [-0.4, -0.2) is 79.4 Å². The molecule has 1 saturated heterocycles. The third-order valence-electron chi connectivity index (χ3n) is 6.50. The number of nitrogens with one attached hydrogen (secondary N) is 2. The summed E-state index contributed by atoms with van der Waals surface area (Å²) < 4.78 is 12.3. The van der Waals surface area contributed by atoms with Gasteiger partial charge in [-0.3, -0.25) is 14.4 Å². The van der Waals surface area contributed by atoms with Crippen molar-refractivity contribution in [2.75, 3.05) is 39.8 Å². The Morgan fingerprint density at radius 2 is 1.83 bits per heavy atom. The molecule has 2 aromatic rings. The lowest BCUT2D eigenvalue weighted by molar-refractivity contribution is -0.138. The van der Waals surface area contributed by atoms with E-state index in [0.717, 1.165) is 11.1 Å². The van der Waals surface area contributed by atoms with Gasteiger partial charge in [0.05, 0.1) is 38.3 Å². The number of nitrogens with zero attached hydrogens (tertiary/aromatic N) is 2. The van der Waals surface area contributed by atoms with Crippen LogP contribution in [0.15, 0.2) is 48.5 Å². The van der Waals surface area contributed by atoms with Crippen molar-refractivity contribution in [2.45, 2.75) is 38.5 Å². The maximum atomic E-state index is 13.0. The maximum Gasteiger partial charge on any atom is 0.239 e. The van der Waals surface area contributed by atoms with Gasteiger partial charge in [-0.15, -0.1) is 0 Å². The number of rotatable bonds is 3.